The summed E-state index contributed by atoms with van der Waals surface area (Å²) in [5, 5.41) is 7.87. The molecule has 6 rings (SSSR count). The van der Waals surface area contributed by atoms with Gasteiger partial charge >= 0.3 is 0 Å². The average Bonchev–Trinajstić information content (AvgIpc) is 3.62. The predicted octanol–water partition coefficient (Wildman–Crippen LogP) is 3.11. The van der Waals surface area contributed by atoms with Gasteiger partial charge in [0, 0.05) is 25.5 Å². The Bertz CT molecular complexity index is 1750. The topological polar surface area (TPSA) is 199 Å². The lowest BCUT2D eigenvalue weighted by Gasteiger charge is -2.04. The monoisotopic (exact) mass is 594 g/mol. The van der Waals surface area contributed by atoms with Gasteiger partial charge < -0.3 is 32.1 Å². The molecule has 0 atom stereocenters. The Labute approximate surface area is 253 Å². The van der Waals surface area contributed by atoms with Crippen molar-refractivity contribution in [1.29, 1.82) is 0 Å². The minimum atomic E-state index is -0.204. The van der Waals surface area contributed by atoms with Crippen molar-refractivity contribution < 1.29 is 0 Å². The summed E-state index contributed by atoms with van der Waals surface area (Å²) in [4.78, 5) is 43.0. The number of rotatable bonds is 12. The van der Waals surface area contributed by atoms with E-state index in [1.54, 1.807) is 12.4 Å². The fourth-order valence-corrected chi connectivity index (χ4v) is 5.09. The van der Waals surface area contributed by atoms with Crippen LogP contribution < -0.4 is 33.2 Å². The molecular formula is C32H38N10O2. The van der Waals surface area contributed by atoms with Gasteiger partial charge in [0.2, 0.25) is 11.9 Å². The molecule has 0 aliphatic rings. The van der Waals surface area contributed by atoms with Crippen molar-refractivity contribution in [3.05, 3.63) is 116 Å². The highest BCUT2D eigenvalue weighted by atomic mass is 16.1. The van der Waals surface area contributed by atoms with Crippen molar-refractivity contribution in [2.75, 3.05) is 24.6 Å². The summed E-state index contributed by atoms with van der Waals surface area (Å²) < 4.78 is 0. The molecule has 0 radical (unpaired) electrons. The van der Waals surface area contributed by atoms with Crippen LogP contribution in [-0.2, 0) is 25.9 Å². The van der Waals surface area contributed by atoms with E-state index in [0.717, 1.165) is 49.9 Å². The molecule has 0 amide bonds. The number of hydrogen-bond acceptors (Lipinski definition) is 8. The molecule has 0 aliphatic carbocycles. The molecule has 10 N–H and O–H groups in total. The Hall–Kier alpha value is -5.20. The Balaban J connectivity index is 0.000000175. The SMILES string of the molecule is Nc1nc2[nH]cc(CNCCCc3ccccc3)c2c(=O)[nH]1.Nc1nc2[nH]cc(CNCCCc3ccccc3)c2c(=O)[nH]1. The van der Waals surface area contributed by atoms with Gasteiger partial charge in [-0.05, 0) is 61.0 Å². The lowest BCUT2D eigenvalue weighted by Crippen LogP contribution is -2.17. The van der Waals surface area contributed by atoms with E-state index in [4.69, 9.17) is 11.5 Å². The van der Waals surface area contributed by atoms with Gasteiger partial charge in [0.25, 0.3) is 11.1 Å². The standard InChI is InChI=1S/2C16H19N5O/c2*17-16-20-14-13(15(22)21-16)12(10-19-14)9-18-8-4-7-11-5-2-1-3-6-11/h2*1-3,5-6,10,18H,4,7-9H2,(H4,17,19,20,21,22). The first kappa shape index (κ1) is 30.3. The number of aryl methyl sites for hydroxylation is 2. The molecule has 0 saturated carbocycles. The molecule has 44 heavy (non-hydrogen) atoms. The van der Waals surface area contributed by atoms with Crippen LogP contribution >= 0.6 is 0 Å². The van der Waals surface area contributed by atoms with Gasteiger partial charge in [0.15, 0.2) is 0 Å². The van der Waals surface area contributed by atoms with Gasteiger partial charge in [-0.2, -0.15) is 9.97 Å². The number of H-pyrrole nitrogens is 4. The third-order valence-corrected chi connectivity index (χ3v) is 7.24. The van der Waals surface area contributed by atoms with Crippen LogP contribution in [0.5, 0.6) is 0 Å². The van der Waals surface area contributed by atoms with Crippen LogP contribution in [-0.4, -0.2) is 43.0 Å². The van der Waals surface area contributed by atoms with Gasteiger partial charge in [-0.3, -0.25) is 19.6 Å². The summed E-state index contributed by atoms with van der Waals surface area (Å²) in [5.74, 6) is 0.253. The zero-order valence-electron chi connectivity index (χ0n) is 24.5. The molecule has 0 saturated heterocycles. The number of nitrogens with zero attached hydrogens (tertiary/aromatic N) is 2. The lowest BCUT2D eigenvalue weighted by atomic mass is 10.1. The zero-order valence-corrected chi connectivity index (χ0v) is 24.5. The average molecular weight is 595 g/mol. The molecule has 0 aliphatic heterocycles. The molecule has 2 aromatic carbocycles. The summed E-state index contributed by atoms with van der Waals surface area (Å²) in [5.41, 5.74) is 16.2. The molecule has 12 nitrogen and oxygen atoms in total. The second-order valence-electron chi connectivity index (χ2n) is 10.5. The van der Waals surface area contributed by atoms with Gasteiger partial charge in [-0.1, -0.05) is 60.7 Å². The Kier molecular flexibility index (Phi) is 10.2. The summed E-state index contributed by atoms with van der Waals surface area (Å²) in [6.45, 7) is 3.04. The maximum Gasteiger partial charge on any atom is 0.262 e. The highest BCUT2D eigenvalue weighted by Crippen LogP contribution is 2.13. The van der Waals surface area contributed by atoms with Crippen LogP contribution in [0.15, 0.2) is 82.6 Å². The van der Waals surface area contributed by atoms with Gasteiger partial charge in [-0.25, -0.2) is 0 Å². The number of fused-ring (bicyclic) bond motifs is 2. The Morgan fingerprint density at radius 2 is 1.02 bits per heavy atom. The summed E-state index contributed by atoms with van der Waals surface area (Å²) in [6, 6.07) is 20.8. The van der Waals surface area contributed by atoms with E-state index in [-0.39, 0.29) is 23.0 Å². The molecule has 0 unspecified atom stereocenters. The minimum Gasteiger partial charge on any atom is -0.369 e. The van der Waals surface area contributed by atoms with E-state index < -0.39 is 0 Å². The van der Waals surface area contributed by atoms with E-state index in [1.807, 2.05) is 12.1 Å². The summed E-state index contributed by atoms with van der Waals surface area (Å²) >= 11 is 0. The molecule has 0 fully saturated rings. The second-order valence-corrected chi connectivity index (χ2v) is 10.5. The Morgan fingerprint density at radius 1 is 0.614 bits per heavy atom. The van der Waals surface area contributed by atoms with Crippen molar-refractivity contribution in [3.63, 3.8) is 0 Å². The predicted molar refractivity (Wildman–Crippen MR) is 175 cm³/mol. The van der Waals surface area contributed by atoms with Crippen molar-refractivity contribution in [3.8, 4) is 0 Å². The van der Waals surface area contributed by atoms with Crippen LogP contribution in [0.1, 0.15) is 35.1 Å². The van der Waals surface area contributed by atoms with Crippen LogP contribution in [0.2, 0.25) is 0 Å². The second kappa shape index (κ2) is 14.8. The van der Waals surface area contributed by atoms with Gasteiger partial charge in [-0.15, -0.1) is 0 Å². The van der Waals surface area contributed by atoms with E-state index in [0.29, 0.717) is 35.2 Å². The van der Waals surface area contributed by atoms with Crippen molar-refractivity contribution in [2.24, 2.45) is 0 Å². The molecule has 4 aromatic heterocycles. The van der Waals surface area contributed by atoms with Crippen molar-refractivity contribution in [2.45, 2.75) is 38.8 Å². The van der Waals surface area contributed by atoms with Crippen molar-refractivity contribution in [1.82, 2.24) is 40.5 Å². The summed E-state index contributed by atoms with van der Waals surface area (Å²) in [7, 11) is 0. The van der Waals surface area contributed by atoms with Crippen LogP contribution in [0.4, 0.5) is 11.9 Å². The van der Waals surface area contributed by atoms with E-state index >= 15 is 0 Å². The smallest absolute Gasteiger partial charge is 0.262 e. The lowest BCUT2D eigenvalue weighted by molar-refractivity contribution is 0.651. The molecule has 228 valence electrons. The van der Waals surface area contributed by atoms with E-state index in [1.165, 1.54) is 11.1 Å². The first-order valence-electron chi connectivity index (χ1n) is 14.7. The van der Waals surface area contributed by atoms with Crippen LogP contribution in [0.3, 0.4) is 0 Å². The molecular weight excluding hydrogens is 556 g/mol. The van der Waals surface area contributed by atoms with E-state index in [9.17, 15) is 9.59 Å². The van der Waals surface area contributed by atoms with E-state index in [2.05, 4.69) is 89.1 Å². The van der Waals surface area contributed by atoms with Crippen LogP contribution in [0, 0.1) is 0 Å². The molecule has 0 bridgehead atoms. The maximum atomic E-state index is 11.9. The molecule has 4 heterocycles. The summed E-state index contributed by atoms with van der Waals surface area (Å²) in [6.07, 6.45) is 7.79. The van der Waals surface area contributed by atoms with Gasteiger partial charge in [0.1, 0.15) is 11.3 Å². The quantitative estimate of drug-likeness (QED) is 0.0988. The third-order valence-electron chi connectivity index (χ3n) is 7.24. The maximum absolute atomic E-state index is 11.9. The fourth-order valence-electron chi connectivity index (χ4n) is 5.09. The minimum absolute atomic E-state index is 0.127. The number of nitrogens with two attached hydrogens (primary N) is 2. The third kappa shape index (κ3) is 8.00. The first-order valence-corrected chi connectivity index (χ1v) is 14.7. The number of nitrogens with one attached hydrogen (secondary N) is 6. The van der Waals surface area contributed by atoms with Crippen LogP contribution in [0.25, 0.3) is 22.1 Å². The Morgan fingerprint density at radius 3 is 1.43 bits per heavy atom. The largest absolute Gasteiger partial charge is 0.369 e. The molecule has 0 spiro atoms. The first-order chi connectivity index (χ1) is 21.5. The van der Waals surface area contributed by atoms with Crippen molar-refractivity contribution >= 4 is 34.0 Å². The highest BCUT2D eigenvalue weighted by Gasteiger charge is 2.10. The number of benzene rings is 2. The number of hydrogen-bond donors (Lipinski definition) is 8. The molecule has 6 aromatic rings. The highest BCUT2D eigenvalue weighted by molar-refractivity contribution is 5.80. The normalized spacial score (nSPS) is 11.1. The number of nitrogen functional groups attached to an aromatic ring is 2. The molecule has 12 heteroatoms. The number of aromatic amines is 4. The van der Waals surface area contributed by atoms with Gasteiger partial charge in [0.05, 0.1) is 10.8 Å². The fraction of sp³-hybridized carbons (Fsp3) is 0.250. The zero-order chi connectivity index (χ0) is 30.7. The number of aromatic nitrogens is 6. The number of anilines is 2.